The van der Waals surface area contributed by atoms with E-state index in [0.717, 1.165) is 23.6 Å². The molecule has 0 atom stereocenters. The van der Waals surface area contributed by atoms with Gasteiger partial charge in [-0.1, -0.05) is 28.1 Å². The van der Waals surface area contributed by atoms with E-state index in [2.05, 4.69) is 15.9 Å². The van der Waals surface area contributed by atoms with Gasteiger partial charge in [-0.2, -0.15) is 0 Å². The predicted octanol–water partition coefficient (Wildman–Crippen LogP) is 2.51. The maximum Gasteiger partial charge on any atom is 0.344 e. The van der Waals surface area contributed by atoms with Crippen molar-refractivity contribution < 1.29 is 19.1 Å². The molecule has 1 aromatic carbocycles. The van der Waals surface area contributed by atoms with Crippen molar-refractivity contribution in [2.45, 2.75) is 13.3 Å². The molecule has 0 saturated heterocycles. The van der Waals surface area contributed by atoms with Gasteiger partial charge in [-0.05, 0) is 25.0 Å². The largest absolute Gasteiger partial charge is 0.482 e. The van der Waals surface area contributed by atoms with Crippen LogP contribution in [0.15, 0.2) is 18.2 Å². The number of esters is 1. The number of alkyl halides is 1. The molecular weight excluding hydrogens is 300 g/mol. The first-order valence-electron chi connectivity index (χ1n) is 5.57. The van der Waals surface area contributed by atoms with E-state index < -0.39 is 5.97 Å². The minimum absolute atomic E-state index is 0.147. The van der Waals surface area contributed by atoms with Gasteiger partial charge in [-0.15, -0.1) is 0 Å². The third kappa shape index (κ3) is 4.87. The van der Waals surface area contributed by atoms with Crippen molar-refractivity contribution >= 4 is 28.2 Å². The molecule has 0 heterocycles. The average molecular weight is 315 g/mol. The SMILES string of the molecule is Cc1ccc(C=O)cc1OCC(=O)OCCCBr. The summed E-state index contributed by atoms with van der Waals surface area (Å²) in [6.07, 6.45) is 1.51. The van der Waals surface area contributed by atoms with E-state index in [1.807, 2.05) is 6.92 Å². The third-order valence-electron chi connectivity index (χ3n) is 2.23. The van der Waals surface area contributed by atoms with Crippen LogP contribution in [0.3, 0.4) is 0 Å². The Morgan fingerprint density at radius 2 is 2.22 bits per heavy atom. The zero-order valence-corrected chi connectivity index (χ0v) is 11.7. The molecule has 0 aromatic heterocycles. The highest BCUT2D eigenvalue weighted by molar-refractivity contribution is 9.09. The molecule has 0 radical (unpaired) electrons. The molecule has 0 aliphatic rings. The Hall–Kier alpha value is -1.36. The molecule has 0 aliphatic heterocycles. The zero-order chi connectivity index (χ0) is 13.4. The van der Waals surface area contributed by atoms with Crippen LogP contribution in [-0.2, 0) is 9.53 Å². The van der Waals surface area contributed by atoms with Gasteiger partial charge in [-0.25, -0.2) is 4.79 Å². The fraction of sp³-hybridized carbons (Fsp3) is 0.385. The van der Waals surface area contributed by atoms with Crippen LogP contribution in [-0.4, -0.2) is 30.8 Å². The van der Waals surface area contributed by atoms with Crippen LogP contribution in [0.5, 0.6) is 5.75 Å². The van der Waals surface area contributed by atoms with E-state index in [1.54, 1.807) is 18.2 Å². The lowest BCUT2D eigenvalue weighted by Gasteiger charge is -2.09. The summed E-state index contributed by atoms with van der Waals surface area (Å²) < 4.78 is 10.3. The molecule has 4 nitrogen and oxygen atoms in total. The van der Waals surface area contributed by atoms with Crippen molar-refractivity contribution in [1.82, 2.24) is 0 Å². The van der Waals surface area contributed by atoms with Gasteiger partial charge < -0.3 is 9.47 Å². The van der Waals surface area contributed by atoms with Crippen molar-refractivity contribution in [1.29, 1.82) is 0 Å². The molecular formula is C13H15BrO4. The number of rotatable bonds is 7. The second kappa shape index (κ2) is 7.87. The summed E-state index contributed by atoms with van der Waals surface area (Å²) in [4.78, 5) is 22.0. The third-order valence-corrected chi connectivity index (χ3v) is 2.80. The molecule has 0 N–H and O–H groups in total. The molecule has 0 unspecified atom stereocenters. The molecule has 1 rings (SSSR count). The summed E-state index contributed by atoms with van der Waals surface area (Å²) in [5.74, 6) is 0.115. The van der Waals surface area contributed by atoms with E-state index in [9.17, 15) is 9.59 Å². The van der Waals surface area contributed by atoms with Crippen LogP contribution in [0.4, 0.5) is 0 Å². The Bertz CT molecular complexity index is 417. The standard InChI is InChI=1S/C13H15BrO4/c1-10-3-4-11(8-15)7-12(10)18-9-13(16)17-6-2-5-14/h3-4,7-8H,2,5-6,9H2,1H3. The second-order valence-corrected chi connectivity index (χ2v) is 4.49. The van der Waals surface area contributed by atoms with Crippen LogP contribution in [0, 0.1) is 6.92 Å². The molecule has 0 aliphatic carbocycles. The molecule has 0 saturated carbocycles. The lowest BCUT2D eigenvalue weighted by atomic mass is 10.1. The number of hydrogen-bond donors (Lipinski definition) is 0. The summed E-state index contributed by atoms with van der Waals surface area (Å²) in [6.45, 7) is 2.08. The van der Waals surface area contributed by atoms with Gasteiger partial charge in [0.1, 0.15) is 12.0 Å². The van der Waals surface area contributed by atoms with Crippen molar-refractivity contribution in [2.24, 2.45) is 0 Å². The quantitative estimate of drug-likeness (QED) is 0.336. The van der Waals surface area contributed by atoms with Crippen molar-refractivity contribution in [2.75, 3.05) is 18.5 Å². The van der Waals surface area contributed by atoms with Gasteiger partial charge >= 0.3 is 5.97 Å². The Morgan fingerprint density at radius 3 is 2.89 bits per heavy atom. The van der Waals surface area contributed by atoms with E-state index in [0.29, 0.717) is 17.9 Å². The van der Waals surface area contributed by atoms with Gasteiger partial charge in [-0.3, -0.25) is 4.79 Å². The number of ether oxygens (including phenoxy) is 2. The summed E-state index contributed by atoms with van der Waals surface area (Å²) in [5.41, 5.74) is 1.39. The summed E-state index contributed by atoms with van der Waals surface area (Å²) in [5, 5.41) is 0.793. The molecule has 0 fully saturated rings. The first kappa shape index (κ1) is 14.7. The molecule has 18 heavy (non-hydrogen) atoms. The highest BCUT2D eigenvalue weighted by Gasteiger charge is 2.06. The molecule has 0 spiro atoms. The smallest absolute Gasteiger partial charge is 0.344 e. The maximum absolute atomic E-state index is 11.3. The highest BCUT2D eigenvalue weighted by Crippen LogP contribution is 2.18. The number of benzene rings is 1. The van der Waals surface area contributed by atoms with Crippen molar-refractivity contribution in [3.05, 3.63) is 29.3 Å². The second-order valence-electron chi connectivity index (χ2n) is 3.69. The number of aryl methyl sites for hydroxylation is 1. The summed E-state index contributed by atoms with van der Waals surface area (Å²) in [7, 11) is 0. The van der Waals surface area contributed by atoms with Gasteiger partial charge in [0, 0.05) is 10.9 Å². The van der Waals surface area contributed by atoms with Gasteiger partial charge in [0.05, 0.1) is 6.61 Å². The van der Waals surface area contributed by atoms with Gasteiger partial charge in [0.15, 0.2) is 6.61 Å². The van der Waals surface area contributed by atoms with Crippen molar-refractivity contribution in [3.8, 4) is 5.75 Å². The van der Waals surface area contributed by atoms with Crippen LogP contribution in [0.2, 0.25) is 0 Å². The van der Waals surface area contributed by atoms with Crippen LogP contribution < -0.4 is 4.74 Å². The molecule has 5 heteroatoms. The number of aldehydes is 1. The summed E-state index contributed by atoms with van der Waals surface area (Å²) in [6, 6.07) is 5.08. The topological polar surface area (TPSA) is 52.6 Å². The summed E-state index contributed by atoms with van der Waals surface area (Å²) >= 11 is 3.24. The minimum atomic E-state index is -0.410. The first-order chi connectivity index (χ1) is 8.67. The molecule has 0 bridgehead atoms. The van der Waals surface area contributed by atoms with Crippen LogP contribution >= 0.6 is 15.9 Å². The number of carbonyl (C=O) groups excluding carboxylic acids is 2. The normalized spacial score (nSPS) is 9.89. The fourth-order valence-electron chi connectivity index (χ4n) is 1.26. The Morgan fingerprint density at radius 1 is 1.44 bits per heavy atom. The lowest BCUT2D eigenvalue weighted by molar-refractivity contribution is -0.145. The van der Waals surface area contributed by atoms with E-state index >= 15 is 0 Å². The minimum Gasteiger partial charge on any atom is -0.482 e. The Balaban J connectivity index is 2.47. The van der Waals surface area contributed by atoms with Gasteiger partial charge in [0.2, 0.25) is 0 Å². The van der Waals surface area contributed by atoms with Crippen LogP contribution in [0.1, 0.15) is 22.3 Å². The number of halogens is 1. The van der Waals surface area contributed by atoms with Crippen molar-refractivity contribution in [3.63, 3.8) is 0 Å². The molecule has 98 valence electrons. The first-order valence-corrected chi connectivity index (χ1v) is 6.69. The Kier molecular flexibility index (Phi) is 6.43. The van der Waals surface area contributed by atoms with E-state index in [4.69, 9.17) is 9.47 Å². The fourth-order valence-corrected chi connectivity index (χ4v) is 1.49. The number of hydrogen-bond acceptors (Lipinski definition) is 4. The number of carbonyl (C=O) groups is 2. The van der Waals surface area contributed by atoms with E-state index in [-0.39, 0.29) is 6.61 Å². The molecule has 0 amide bonds. The Labute approximate surface area is 114 Å². The monoisotopic (exact) mass is 314 g/mol. The zero-order valence-electron chi connectivity index (χ0n) is 10.1. The lowest BCUT2D eigenvalue weighted by Crippen LogP contribution is -2.16. The van der Waals surface area contributed by atoms with E-state index in [1.165, 1.54) is 0 Å². The molecule has 1 aromatic rings. The van der Waals surface area contributed by atoms with Crippen LogP contribution in [0.25, 0.3) is 0 Å². The highest BCUT2D eigenvalue weighted by atomic mass is 79.9. The average Bonchev–Trinajstić information content (AvgIpc) is 2.38. The maximum atomic E-state index is 11.3. The van der Waals surface area contributed by atoms with Gasteiger partial charge in [0.25, 0.3) is 0 Å². The predicted molar refractivity (Wildman–Crippen MR) is 71.4 cm³/mol.